The van der Waals surface area contributed by atoms with Crippen molar-refractivity contribution < 1.29 is 4.74 Å². The van der Waals surface area contributed by atoms with Crippen molar-refractivity contribution in [3.63, 3.8) is 0 Å². The predicted molar refractivity (Wildman–Crippen MR) is 48.1 cm³/mol. The molecular formula is C6H10BrNOS. The van der Waals surface area contributed by atoms with Crippen LogP contribution < -0.4 is 0 Å². The maximum absolute atomic E-state index is 4.94. The average Bonchev–Trinajstić information content (AvgIpc) is 2.31. The third-order valence-corrected chi connectivity index (χ3v) is 2.97. The van der Waals surface area contributed by atoms with Gasteiger partial charge < -0.3 is 9.64 Å². The molecule has 0 unspecified atom stereocenters. The van der Waals surface area contributed by atoms with Crippen LogP contribution in [0, 0.1) is 0 Å². The van der Waals surface area contributed by atoms with Crippen LogP contribution in [0.15, 0.2) is 10.0 Å². The third-order valence-electron chi connectivity index (χ3n) is 1.23. The molecule has 0 aromatic heterocycles. The number of nitrogens with zero attached hydrogens (tertiary/aromatic N) is 1. The van der Waals surface area contributed by atoms with Crippen LogP contribution in [0.1, 0.15) is 0 Å². The zero-order valence-corrected chi connectivity index (χ0v) is 8.24. The third kappa shape index (κ3) is 2.52. The summed E-state index contributed by atoms with van der Waals surface area (Å²) >= 11 is 5.22. The van der Waals surface area contributed by atoms with Gasteiger partial charge in [0, 0.05) is 19.9 Å². The van der Waals surface area contributed by atoms with E-state index < -0.39 is 0 Å². The molecule has 0 N–H and O–H groups in total. The lowest BCUT2D eigenvalue weighted by atomic mass is 10.6. The molecule has 0 radical (unpaired) electrons. The van der Waals surface area contributed by atoms with E-state index in [0.717, 1.165) is 19.0 Å². The van der Waals surface area contributed by atoms with E-state index in [0.29, 0.717) is 0 Å². The van der Waals surface area contributed by atoms with Gasteiger partial charge in [-0.25, -0.2) is 0 Å². The maximum atomic E-state index is 4.94. The number of ether oxygens (including phenoxy) is 1. The van der Waals surface area contributed by atoms with Crippen molar-refractivity contribution in [3.8, 4) is 0 Å². The molecular weight excluding hydrogens is 214 g/mol. The number of hydrogen-bond acceptors (Lipinski definition) is 3. The van der Waals surface area contributed by atoms with Gasteiger partial charge in [-0.15, -0.1) is 0 Å². The highest BCUT2D eigenvalue weighted by atomic mass is 79.9. The van der Waals surface area contributed by atoms with Gasteiger partial charge in [0.25, 0.3) is 0 Å². The van der Waals surface area contributed by atoms with Gasteiger partial charge in [-0.1, -0.05) is 11.8 Å². The normalized spacial score (nSPS) is 17.8. The Labute approximate surface area is 73.7 Å². The second-order valence-corrected chi connectivity index (χ2v) is 4.38. The summed E-state index contributed by atoms with van der Waals surface area (Å²) < 4.78 is 6.16. The molecule has 0 fully saturated rings. The Balaban J connectivity index is 2.18. The molecule has 0 spiro atoms. The summed E-state index contributed by atoms with van der Waals surface area (Å²) in [6.45, 7) is 1.79. The Morgan fingerprint density at radius 3 is 3.20 bits per heavy atom. The summed E-state index contributed by atoms with van der Waals surface area (Å²) in [5, 5.41) is 0. The Hall–Kier alpha value is 0.330. The zero-order valence-electron chi connectivity index (χ0n) is 5.84. The quantitative estimate of drug-likeness (QED) is 0.725. The van der Waals surface area contributed by atoms with Crippen LogP contribution in [-0.4, -0.2) is 31.0 Å². The fourth-order valence-corrected chi connectivity index (χ4v) is 2.01. The highest BCUT2D eigenvalue weighted by Crippen LogP contribution is 2.29. The molecule has 1 rings (SSSR count). The second kappa shape index (κ2) is 4.26. The van der Waals surface area contributed by atoms with E-state index in [4.69, 9.17) is 4.74 Å². The monoisotopic (exact) mass is 223 g/mol. The molecule has 0 bridgehead atoms. The van der Waals surface area contributed by atoms with Crippen molar-refractivity contribution in [3.05, 3.63) is 10.0 Å². The number of rotatable bonds is 3. The van der Waals surface area contributed by atoms with Crippen molar-refractivity contribution >= 4 is 27.7 Å². The number of halogens is 1. The van der Waals surface area contributed by atoms with Gasteiger partial charge in [0.15, 0.2) is 0 Å². The minimum atomic E-state index is 0.803. The number of thioether (sulfide) groups is 1. The fourth-order valence-electron chi connectivity index (χ4n) is 0.700. The second-order valence-electron chi connectivity index (χ2n) is 2.01. The highest BCUT2D eigenvalue weighted by molar-refractivity contribution is 9.14. The molecule has 1 aliphatic heterocycles. The van der Waals surface area contributed by atoms with Gasteiger partial charge >= 0.3 is 0 Å². The molecule has 0 aromatic carbocycles. The van der Waals surface area contributed by atoms with Crippen molar-refractivity contribution in [2.45, 2.75) is 0 Å². The fraction of sp³-hybridized carbons (Fsp3) is 0.667. The lowest BCUT2D eigenvalue weighted by Gasteiger charge is -2.12. The summed E-state index contributed by atoms with van der Waals surface area (Å²) in [5.74, 6) is 1.05. The van der Waals surface area contributed by atoms with Crippen molar-refractivity contribution in [1.82, 2.24) is 4.90 Å². The van der Waals surface area contributed by atoms with Gasteiger partial charge in [0.05, 0.1) is 16.3 Å². The largest absolute Gasteiger partial charge is 0.383 e. The molecule has 58 valence electrons. The first-order valence-electron chi connectivity index (χ1n) is 3.06. The van der Waals surface area contributed by atoms with Gasteiger partial charge in [0.1, 0.15) is 0 Å². The van der Waals surface area contributed by atoms with E-state index in [9.17, 15) is 0 Å². The predicted octanol–water partition coefficient (Wildman–Crippen LogP) is 1.83. The average molecular weight is 224 g/mol. The van der Waals surface area contributed by atoms with Crippen LogP contribution in [0.5, 0.6) is 0 Å². The lowest BCUT2D eigenvalue weighted by Crippen LogP contribution is -2.18. The van der Waals surface area contributed by atoms with Gasteiger partial charge in [-0.2, -0.15) is 0 Å². The summed E-state index contributed by atoms with van der Waals surface area (Å²) in [5.41, 5.74) is 0. The first-order chi connectivity index (χ1) is 4.83. The summed E-state index contributed by atoms with van der Waals surface area (Å²) in [4.78, 5) is 2.22. The molecule has 1 heterocycles. The van der Waals surface area contributed by atoms with Crippen molar-refractivity contribution in [1.29, 1.82) is 0 Å². The Bertz CT molecular complexity index is 140. The Morgan fingerprint density at radius 1 is 1.90 bits per heavy atom. The van der Waals surface area contributed by atoms with Crippen LogP contribution in [0.4, 0.5) is 0 Å². The van der Waals surface area contributed by atoms with E-state index in [-0.39, 0.29) is 0 Å². The van der Waals surface area contributed by atoms with Gasteiger partial charge in [0.2, 0.25) is 0 Å². The standard InChI is InChI=1S/C6H10BrNOS/c1-9-3-2-8-4-6(7)10-5-8/h4H,2-3,5H2,1H3. The maximum Gasteiger partial charge on any atom is 0.0687 e. The van der Waals surface area contributed by atoms with Crippen LogP contribution in [-0.2, 0) is 4.74 Å². The van der Waals surface area contributed by atoms with Crippen LogP contribution in [0.3, 0.4) is 0 Å². The van der Waals surface area contributed by atoms with E-state index >= 15 is 0 Å². The molecule has 0 saturated carbocycles. The molecule has 0 amide bonds. The first-order valence-corrected chi connectivity index (χ1v) is 4.84. The number of methoxy groups -OCH3 is 1. The zero-order chi connectivity index (χ0) is 7.40. The van der Waals surface area contributed by atoms with E-state index in [1.807, 2.05) is 0 Å². The van der Waals surface area contributed by atoms with E-state index in [1.54, 1.807) is 18.9 Å². The minimum Gasteiger partial charge on any atom is -0.383 e. The number of hydrogen-bond donors (Lipinski definition) is 0. The Morgan fingerprint density at radius 2 is 2.70 bits per heavy atom. The minimum absolute atomic E-state index is 0.803. The van der Waals surface area contributed by atoms with Crippen molar-refractivity contribution in [2.75, 3.05) is 26.1 Å². The summed E-state index contributed by atoms with van der Waals surface area (Å²) in [6, 6.07) is 0. The smallest absolute Gasteiger partial charge is 0.0687 e. The van der Waals surface area contributed by atoms with E-state index in [2.05, 4.69) is 27.0 Å². The lowest BCUT2D eigenvalue weighted by molar-refractivity contribution is 0.176. The van der Waals surface area contributed by atoms with Crippen LogP contribution >= 0.6 is 27.7 Å². The van der Waals surface area contributed by atoms with E-state index in [1.165, 1.54) is 3.81 Å². The molecule has 4 heteroatoms. The molecule has 2 nitrogen and oxygen atoms in total. The van der Waals surface area contributed by atoms with Gasteiger partial charge in [-0.3, -0.25) is 0 Å². The SMILES string of the molecule is COCCN1C=C(Br)SC1. The molecule has 10 heavy (non-hydrogen) atoms. The molecule has 1 aliphatic rings. The molecule has 0 saturated heterocycles. The molecule has 0 aromatic rings. The Kier molecular flexibility index (Phi) is 3.59. The molecule has 0 atom stereocenters. The summed E-state index contributed by atoms with van der Waals surface area (Å²) in [7, 11) is 1.72. The topological polar surface area (TPSA) is 12.5 Å². The van der Waals surface area contributed by atoms with Crippen LogP contribution in [0.25, 0.3) is 0 Å². The van der Waals surface area contributed by atoms with Crippen molar-refractivity contribution in [2.24, 2.45) is 0 Å². The summed E-state index contributed by atoms with van der Waals surface area (Å²) in [6.07, 6.45) is 2.10. The van der Waals surface area contributed by atoms with Crippen LogP contribution in [0.2, 0.25) is 0 Å². The van der Waals surface area contributed by atoms with Gasteiger partial charge in [-0.05, 0) is 15.9 Å². The first kappa shape index (κ1) is 8.43. The molecule has 0 aliphatic carbocycles. The highest BCUT2D eigenvalue weighted by Gasteiger charge is 2.08.